The van der Waals surface area contributed by atoms with E-state index in [1.165, 1.54) is 11.1 Å². The van der Waals surface area contributed by atoms with Crippen LogP contribution in [0.3, 0.4) is 0 Å². The Morgan fingerprint density at radius 2 is 1.17 bits per heavy atom. The minimum absolute atomic E-state index is 0.198. The summed E-state index contributed by atoms with van der Waals surface area (Å²) in [4.78, 5) is 9.81. The molecule has 196 valence electrons. The first-order valence-electron chi connectivity index (χ1n) is 14.0. The molecule has 0 radical (unpaired) electrons. The molecule has 3 rings (SSSR count). The second kappa shape index (κ2) is 13.1. The minimum Gasteiger partial charge on any atom is -0.507 e. The third-order valence-corrected chi connectivity index (χ3v) is 7.25. The van der Waals surface area contributed by atoms with Gasteiger partial charge < -0.3 is 10.2 Å². The molecule has 1 fully saturated rings. The highest BCUT2D eigenvalue weighted by molar-refractivity contribution is 5.85. The number of hydrogen-bond acceptors (Lipinski definition) is 4. The summed E-state index contributed by atoms with van der Waals surface area (Å²) in [6, 6.07) is 8.85. The molecule has 36 heavy (non-hydrogen) atoms. The van der Waals surface area contributed by atoms with Gasteiger partial charge in [-0.15, -0.1) is 0 Å². The number of nitrogens with zero attached hydrogens (tertiary/aromatic N) is 2. The lowest BCUT2D eigenvalue weighted by molar-refractivity contribution is 0.397. The average Bonchev–Trinajstić information content (AvgIpc) is 2.84. The van der Waals surface area contributed by atoms with Crippen LogP contribution in [0, 0.1) is 0 Å². The maximum absolute atomic E-state index is 10.9. The van der Waals surface area contributed by atoms with Gasteiger partial charge in [0, 0.05) is 23.6 Å². The number of hydrogen-bond donors (Lipinski definition) is 2. The number of phenols is 2. The number of aryl methyl sites for hydroxylation is 2. The van der Waals surface area contributed by atoms with Crippen molar-refractivity contribution in [3.8, 4) is 11.5 Å². The summed E-state index contributed by atoms with van der Waals surface area (Å²) in [6.07, 6.45) is 12.0. The molecule has 1 aliphatic rings. The van der Waals surface area contributed by atoms with E-state index in [2.05, 4.69) is 65.8 Å². The number of rotatable bonds is 10. The largest absolute Gasteiger partial charge is 0.507 e. The molecule has 2 N–H and O–H groups in total. The lowest BCUT2D eigenvalue weighted by Crippen LogP contribution is -2.21. The van der Waals surface area contributed by atoms with Gasteiger partial charge in [0.05, 0.1) is 12.1 Å². The first-order valence-corrected chi connectivity index (χ1v) is 14.0. The molecule has 2 aromatic carbocycles. The number of aliphatic imine (C=N–C) groups is 2. The van der Waals surface area contributed by atoms with Crippen LogP contribution in [-0.4, -0.2) is 34.7 Å². The van der Waals surface area contributed by atoms with Crippen LogP contribution in [0.5, 0.6) is 11.5 Å². The molecule has 1 aliphatic carbocycles. The van der Waals surface area contributed by atoms with Crippen molar-refractivity contribution < 1.29 is 10.2 Å². The highest BCUT2D eigenvalue weighted by atomic mass is 16.3. The van der Waals surface area contributed by atoms with Gasteiger partial charge >= 0.3 is 0 Å². The van der Waals surface area contributed by atoms with E-state index < -0.39 is 0 Å². The van der Waals surface area contributed by atoms with E-state index in [0.717, 1.165) is 73.6 Å². The monoisotopic (exact) mass is 490 g/mol. The normalized spacial score (nSPS) is 18.8. The van der Waals surface area contributed by atoms with Crippen molar-refractivity contribution in [2.75, 3.05) is 0 Å². The molecule has 1 saturated carbocycles. The zero-order valence-corrected chi connectivity index (χ0v) is 23.2. The standard InChI is InChI=1S/C32H46N2O2/c1-7-10-23-14-25(31(35)29(16-23)21(3)4)19-33-27-12-9-13-28(18-27)34-20-26-15-24(11-8-2)17-30(22(5)6)32(26)36/h14-17,19-22,27-28,35-36H,7-13,18H2,1-6H3. The van der Waals surface area contributed by atoms with E-state index in [9.17, 15) is 10.2 Å². The Morgan fingerprint density at radius 3 is 1.53 bits per heavy atom. The number of aromatic hydroxyl groups is 2. The molecule has 0 aromatic heterocycles. The average molecular weight is 491 g/mol. The lowest BCUT2D eigenvalue weighted by Gasteiger charge is -2.24. The molecule has 2 atom stereocenters. The third kappa shape index (κ3) is 7.21. The number of phenolic OH excluding ortho intramolecular Hbond substituents is 2. The Kier molecular flexibility index (Phi) is 10.2. The fourth-order valence-corrected chi connectivity index (χ4v) is 5.21. The molecule has 0 heterocycles. The van der Waals surface area contributed by atoms with Crippen molar-refractivity contribution in [3.05, 3.63) is 57.6 Å². The molecule has 0 bridgehead atoms. The van der Waals surface area contributed by atoms with Gasteiger partial charge in [-0.25, -0.2) is 0 Å². The maximum atomic E-state index is 10.9. The van der Waals surface area contributed by atoms with Crippen molar-refractivity contribution in [2.24, 2.45) is 9.98 Å². The van der Waals surface area contributed by atoms with Crippen molar-refractivity contribution in [3.63, 3.8) is 0 Å². The van der Waals surface area contributed by atoms with Crippen LogP contribution >= 0.6 is 0 Å². The molecule has 0 aliphatic heterocycles. The van der Waals surface area contributed by atoms with Crippen LogP contribution in [0.4, 0.5) is 0 Å². The highest BCUT2D eigenvalue weighted by Gasteiger charge is 2.21. The predicted octanol–water partition coefficient (Wildman–Crippen LogP) is 8.10. The van der Waals surface area contributed by atoms with E-state index in [1.807, 2.05) is 12.4 Å². The quantitative estimate of drug-likeness (QED) is 0.330. The van der Waals surface area contributed by atoms with Crippen molar-refractivity contribution in [2.45, 2.75) is 117 Å². The van der Waals surface area contributed by atoms with Crippen molar-refractivity contribution in [1.29, 1.82) is 0 Å². The number of benzene rings is 2. The second-order valence-electron chi connectivity index (χ2n) is 11.1. The van der Waals surface area contributed by atoms with Gasteiger partial charge in [0.2, 0.25) is 0 Å². The van der Waals surface area contributed by atoms with Crippen LogP contribution in [-0.2, 0) is 12.8 Å². The molecular formula is C32H46N2O2. The summed E-state index contributed by atoms with van der Waals surface area (Å²) < 4.78 is 0. The van der Waals surface area contributed by atoms with Crippen molar-refractivity contribution in [1.82, 2.24) is 0 Å². The third-order valence-electron chi connectivity index (χ3n) is 7.25. The summed E-state index contributed by atoms with van der Waals surface area (Å²) in [7, 11) is 0. The van der Waals surface area contributed by atoms with E-state index in [-0.39, 0.29) is 23.9 Å². The topological polar surface area (TPSA) is 65.2 Å². The first kappa shape index (κ1) is 28.0. The highest BCUT2D eigenvalue weighted by Crippen LogP contribution is 2.32. The van der Waals surface area contributed by atoms with Gasteiger partial charge in [-0.05, 0) is 84.7 Å². The molecule has 0 spiro atoms. The summed E-state index contributed by atoms with van der Waals surface area (Å²) in [5.41, 5.74) is 6.18. The molecule has 2 unspecified atom stereocenters. The first-order chi connectivity index (χ1) is 17.2. The fraction of sp³-hybridized carbons (Fsp3) is 0.562. The molecule has 4 heteroatoms. The predicted molar refractivity (Wildman–Crippen MR) is 154 cm³/mol. The van der Waals surface area contributed by atoms with Crippen molar-refractivity contribution >= 4 is 12.4 Å². The van der Waals surface area contributed by atoms with E-state index in [0.29, 0.717) is 11.5 Å². The summed E-state index contributed by atoms with van der Waals surface area (Å²) in [5.74, 6) is 1.27. The molecule has 4 nitrogen and oxygen atoms in total. The Morgan fingerprint density at radius 1 is 0.750 bits per heavy atom. The fourth-order valence-electron chi connectivity index (χ4n) is 5.21. The zero-order valence-electron chi connectivity index (χ0n) is 23.2. The minimum atomic E-state index is 0.198. The van der Waals surface area contributed by atoms with Gasteiger partial charge in [0.1, 0.15) is 11.5 Å². The van der Waals surface area contributed by atoms with E-state index in [1.54, 1.807) is 0 Å². The van der Waals surface area contributed by atoms with Gasteiger partial charge in [0.25, 0.3) is 0 Å². The Labute approximate surface area is 218 Å². The Balaban J connectivity index is 1.77. The van der Waals surface area contributed by atoms with Crippen LogP contribution < -0.4 is 0 Å². The maximum Gasteiger partial charge on any atom is 0.127 e. The van der Waals surface area contributed by atoms with E-state index in [4.69, 9.17) is 9.98 Å². The Bertz CT molecular complexity index is 985. The van der Waals surface area contributed by atoms with E-state index >= 15 is 0 Å². The van der Waals surface area contributed by atoms with Gasteiger partial charge in [-0.3, -0.25) is 9.98 Å². The molecular weight excluding hydrogens is 444 g/mol. The van der Waals surface area contributed by atoms with Crippen LogP contribution in [0.25, 0.3) is 0 Å². The van der Waals surface area contributed by atoms with Gasteiger partial charge in [-0.2, -0.15) is 0 Å². The van der Waals surface area contributed by atoms with Crippen LogP contribution in [0.1, 0.15) is 125 Å². The molecule has 0 saturated heterocycles. The zero-order chi connectivity index (χ0) is 26.2. The summed E-state index contributed by atoms with van der Waals surface area (Å²) in [5, 5.41) is 21.7. The summed E-state index contributed by atoms with van der Waals surface area (Å²) in [6.45, 7) is 12.8. The smallest absolute Gasteiger partial charge is 0.127 e. The lowest BCUT2D eigenvalue weighted by atomic mass is 9.91. The molecule has 2 aromatic rings. The summed E-state index contributed by atoms with van der Waals surface area (Å²) >= 11 is 0. The van der Waals surface area contributed by atoms with Gasteiger partial charge in [-0.1, -0.05) is 66.5 Å². The Hall–Kier alpha value is -2.62. The molecule has 0 amide bonds. The SMILES string of the molecule is CCCc1cc(C=NC2CCCC(N=Cc3cc(CCC)cc(C(C)C)c3O)C2)c(O)c(C(C)C)c1. The van der Waals surface area contributed by atoms with Gasteiger partial charge in [0.15, 0.2) is 0 Å². The van der Waals surface area contributed by atoms with Crippen LogP contribution in [0.2, 0.25) is 0 Å². The van der Waals surface area contributed by atoms with Crippen LogP contribution in [0.15, 0.2) is 34.3 Å². The second-order valence-corrected chi connectivity index (χ2v) is 11.1.